The molecule has 2 aliphatic heterocycles. The topological polar surface area (TPSA) is 33.3 Å². The molecule has 20 heavy (non-hydrogen) atoms. The van der Waals surface area contributed by atoms with Crippen molar-refractivity contribution in [3.63, 3.8) is 0 Å². The average molecular weight is 274 g/mol. The number of piperidine rings is 1. The van der Waals surface area contributed by atoms with Crippen molar-refractivity contribution in [2.45, 2.75) is 37.1 Å². The molecular weight excluding hydrogens is 248 g/mol. The third-order valence-corrected chi connectivity index (χ3v) is 5.02. The van der Waals surface area contributed by atoms with Crippen molar-refractivity contribution < 1.29 is 4.74 Å². The molecule has 0 aliphatic carbocycles. The van der Waals surface area contributed by atoms with Crippen LogP contribution < -0.4 is 10.6 Å². The molecule has 1 aromatic carbocycles. The molecule has 1 aromatic rings. The van der Waals surface area contributed by atoms with Crippen molar-refractivity contribution in [1.82, 2.24) is 10.6 Å². The fourth-order valence-electron chi connectivity index (χ4n) is 3.45. The summed E-state index contributed by atoms with van der Waals surface area (Å²) in [6.07, 6.45) is 3.54. The van der Waals surface area contributed by atoms with Crippen molar-refractivity contribution >= 4 is 0 Å². The molecule has 3 nitrogen and oxygen atoms in total. The Balaban J connectivity index is 1.76. The number of nitrogens with one attached hydrogen (secondary N) is 2. The SMILES string of the molecule is CC1(NCC2(c3ccccc3)CCNCC2)CCOC1. The molecule has 0 bridgehead atoms. The van der Waals surface area contributed by atoms with Crippen LogP contribution in [0.3, 0.4) is 0 Å². The molecule has 2 N–H and O–H groups in total. The zero-order chi connectivity index (χ0) is 13.9. The predicted octanol–water partition coefficient (Wildman–Crippen LogP) is 2.08. The van der Waals surface area contributed by atoms with E-state index in [1.165, 1.54) is 18.4 Å². The zero-order valence-electron chi connectivity index (χ0n) is 12.5. The van der Waals surface area contributed by atoms with Gasteiger partial charge in [0.2, 0.25) is 0 Å². The van der Waals surface area contributed by atoms with Crippen LogP contribution in [0.1, 0.15) is 31.7 Å². The van der Waals surface area contributed by atoms with E-state index in [2.05, 4.69) is 47.9 Å². The van der Waals surface area contributed by atoms with Gasteiger partial charge in [-0.15, -0.1) is 0 Å². The molecule has 0 spiro atoms. The van der Waals surface area contributed by atoms with Crippen molar-refractivity contribution in [3.05, 3.63) is 35.9 Å². The highest BCUT2D eigenvalue weighted by molar-refractivity contribution is 5.27. The number of benzene rings is 1. The Kier molecular flexibility index (Phi) is 4.11. The molecule has 0 aromatic heterocycles. The molecule has 2 saturated heterocycles. The number of hydrogen-bond donors (Lipinski definition) is 2. The van der Waals surface area contributed by atoms with Gasteiger partial charge >= 0.3 is 0 Å². The fourth-order valence-corrected chi connectivity index (χ4v) is 3.45. The second-order valence-electron chi connectivity index (χ2n) is 6.61. The monoisotopic (exact) mass is 274 g/mol. The highest BCUT2D eigenvalue weighted by Gasteiger charge is 2.37. The van der Waals surface area contributed by atoms with E-state index in [0.29, 0.717) is 0 Å². The zero-order valence-corrected chi connectivity index (χ0v) is 12.5. The minimum atomic E-state index is 0.159. The number of rotatable bonds is 4. The smallest absolute Gasteiger partial charge is 0.0646 e. The Morgan fingerprint density at radius 2 is 1.90 bits per heavy atom. The Hall–Kier alpha value is -0.900. The second kappa shape index (κ2) is 5.84. The van der Waals surface area contributed by atoms with Crippen molar-refractivity contribution in [2.75, 3.05) is 32.8 Å². The molecule has 3 heteroatoms. The maximum Gasteiger partial charge on any atom is 0.0646 e. The van der Waals surface area contributed by atoms with Crippen LogP contribution in [0, 0.1) is 0 Å². The van der Waals surface area contributed by atoms with Gasteiger partial charge in [-0.2, -0.15) is 0 Å². The van der Waals surface area contributed by atoms with E-state index in [1.54, 1.807) is 0 Å². The molecular formula is C17H26N2O. The summed E-state index contributed by atoms with van der Waals surface area (Å²) in [5.74, 6) is 0. The lowest BCUT2D eigenvalue weighted by Crippen LogP contribution is -2.53. The van der Waals surface area contributed by atoms with Crippen LogP contribution in [0.4, 0.5) is 0 Å². The first-order valence-electron chi connectivity index (χ1n) is 7.82. The van der Waals surface area contributed by atoms with Crippen LogP contribution in [0.2, 0.25) is 0 Å². The number of hydrogen-bond acceptors (Lipinski definition) is 3. The molecule has 0 radical (unpaired) electrons. The Labute approximate surface area is 122 Å². The van der Waals surface area contributed by atoms with E-state index in [1.807, 2.05) is 0 Å². The van der Waals surface area contributed by atoms with Crippen molar-refractivity contribution in [1.29, 1.82) is 0 Å². The summed E-state index contributed by atoms with van der Waals surface area (Å²) in [5, 5.41) is 7.31. The van der Waals surface area contributed by atoms with Gasteiger partial charge in [-0.3, -0.25) is 0 Å². The van der Waals surface area contributed by atoms with Crippen molar-refractivity contribution in [3.8, 4) is 0 Å². The maximum atomic E-state index is 5.56. The first-order chi connectivity index (χ1) is 9.73. The highest BCUT2D eigenvalue weighted by atomic mass is 16.5. The van der Waals surface area contributed by atoms with Gasteiger partial charge in [0.1, 0.15) is 0 Å². The highest BCUT2D eigenvalue weighted by Crippen LogP contribution is 2.33. The van der Waals surface area contributed by atoms with Gasteiger partial charge in [0.05, 0.1) is 6.61 Å². The van der Waals surface area contributed by atoms with Crippen molar-refractivity contribution in [2.24, 2.45) is 0 Å². The Morgan fingerprint density at radius 1 is 1.15 bits per heavy atom. The third-order valence-electron chi connectivity index (χ3n) is 5.02. The van der Waals surface area contributed by atoms with Gasteiger partial charge in [0.15, 0.2) is 0 Å². The van der Waals surface area contributed by atoms with Gasteiger partial charge in [-0.25, -0.2) is 0 Å². The fraction of sp³-hybridized carbons (Fsp3) is 0.647. The van der Waals surface area contributed by atoms with Crippen LogP contribution in [0.25, 0.3) is 0 Å². The van der Waals surface area contributed by atoms with Gasteiger partial charge in [0, 0.05) is 24.1 Å². The first kappa shape index (κ1) is 14.1. The summed E-state index contributed by atoms with van der Waals surface area (Å²) in [6.45, 7) is 7.31. The van der Waals surface area contributed by atoms with E-state index in [9.17, 15) is 0 Å². The van der Waals surface area contributed by atoms with E-state index < -0.39 is 0 Å². The molecule has 0 saturated carbocycles. The summed E-state index contributed by atoms with van der Waals surface area (Å²) < 4.78 is 5.56. The van der Waals surface area contributed by atoms with Crippen LogP contribution in [-0.2, 0) is 10.2 Å². The van der Waals surface area contributed by atoms with Gasteiger partial charge in [-0.05, 0) is 44.8 Å². The molecule has 2 heterocycles. The van der Waals surface area contributed by atoms with Crippen LogP contribution in [0.15, 0.2) is 30.3 Å². The Morgan fingerprint density at radius 3 is 2.55 bits per heavy atom. The summed E-state index contributed by atoms with van der Waals surface area (Å²) in [6, 6.07) is 11.0. The third kappa shape index (κ3) is 2.90. The lowest BCUT2D eigenvalue weighted by Gasteiger charge is -2.41. The molecule has 1 unspecified atom stereocenters. The van der Waals surface area contributed by atoms with E-state index >= 15 is 0 Å². The minimum absolute atomic E-state index is 0.159. The van der Waals surface area contributed by atoms with E-state index in [0.717, 1.165) is 39.3 Å². The largest absolute Gasteiger partial charge is 0.379 e. The average Bonchev–Trinajstić information content (AvgIpc) is 2.95. The summed E-state index contributed by atoms with van der Waals surface area (Å²) in [7, 11) is 0. The lowest BCUT2D eigenvalue weighted by molar-refractivity contribution is 0.164. The van der Waals surface area contributed by atoms with Gasteiger partial charge < -0.3 is 15.4 Å². The normalized spacial score (nSPS) is 29.4. The lowest BCUT2D eigenvalue weighted by atomic mass is 9.72. The van der Waals surface area contributed by atoms with Crippen LogP contribution in [0.5, 0.6) is 0 Å². The molecule has 0 amide bonds. The quantitative estimate of drug-likeness (QED) is 0.882. The Bertz CT molecular complexity index is 420. The maximum absolute atomic E-state index is 5.56. The summed E-state index contributed by atoms with van der Waals surface area (Å²) >= 11 is 0. The van der Waals surface area contributed by atoms with E-state index in [4.69, 9.17) is 4.74 Å². The number of ether oxygens (including phenoxy) is 1. The van der Waals surface area contributed by atoms with Gasteiger partial charge in [-0.1, -0.05) is 30.3 Å². The van der Waals surface area contributed by atoms with Crippen LogP contribution in [-0.4, -0.2) is 38.4 Å². The molecule has 2 fully saturated rings. The standard InChI is InChI=1S/C17H26N2O/c1-16(9-12-20-14-16)19-13-17(7-10-18-11-8-17)15-5-3-2-4-6-15/h2-6,18-19H,7-14H2,1H3. The molecule has 110 valence electrons. The van der Waals surface area contributed by atoms with Gasteiger partial charge in [0.25, 0.3) is 0 Å². The first-order valence-corrected chi connectivity index (χ1v) is 7.82. The molecule has 1 atom stereocenters. The summed E-state index contributed by atoms with van der Waals surface area (Å²) in [4.78, 5) is 0. The van der Waals surface area contributed by atoms with Crippen LogP contribution >= 0.6 is 0 Å². The molecule has 3 rings (SSSR count). The second-order valence-corrected chi connectivity index (χ2v) is 6.61. The summed E-state index contributed by atoms with van der Waals surface area (Å²) in [5.41, 5.74) is 1.92. The van der Waals surface area contributed by atoms with E-state index in [-0.39, 0.29) is 11.0 Å². The predicted molar refractivity (Wildman–Crippen MR) is 82.1 cm³/mol. The minimum Gasteiger partial charge on any atom is -0.379 e. The molecule has 2 aliphatic rings.